The minimum Gasteiger partial charge on any atom is -0.307 e. The molecule has 4 atom stereocenters. The van der Waals surface area contributed by atoms with Crippen molar-refractivity contribution in [2.75, 3.05) is 0 Å². The van der Waals surface area contributed by atoms with Gasteiger partial charge in [-0.05, 0) is 38.0 Å². The van der Waals surface area contributed by atoms with E-state index in [1.807, 2.05) is 0 Å². The fraction of sp³-hybridized carbons (Fsp3) is 1.00. The molecule has 0 aromatic carbocycles. The standard InChI is InChI=1S/C10H13F2NO3/c11-10(12)7-1-6-2-8(10)5-9(3-6,4-7)16-13(14)15/h6-8H,1-5H2/t6?,7-,8+,9?. The molecule has 4 aliphatic carbocycles. The van der Waals surface area contributed by atoms with Crippen molar-refractivity contribution in [3.8, 4) is 0 Å². The molecule has 4 nitrogen and oxygen atoms in total. The second-order valence-electron chi connectivity index (χ2n) is 5.52. The summed E-state index contributed by atoms with van der Waals surface area (Å²) in [6.07, 6.45) is 1.89. The van der Waals surface area contributed by atoms with Gasteiger partial charge in [0.1, 0.15) is 5.60 Å². The molecule has 4 aliphatic rings. The summed E-state index contributed by atoms with van der Waals surface area (Å²) in [6, 6.07) is 0. The molecule has 16 heavy (non-hydrogen) atoms. The van der Waals surface area contributed by atoms with Crippen LogP contribution in [0.3, 0.4) is 0 Å². The quantitative estimate of drug-likeness (QED) is 0.543. The van der Waals surface area contributed by atoms with Gasteiger partial charge in [-0.25, -0.2) is 8.78 Å². The maximum atomic E-state index is 13.8. The van der Waals surface area contributed by atoms with Crippen LogP contribution in [0.5, 0.6) is 0 Å². The molecule has 4 bridgehead atoms. The molecule has 6 heteroatoms. The minimum absolute atomic E-state index is 0.147. The molecule has 0 amide bonds. The van der Waals surface area contributed by atoms with E-state index in [4.69, 9.17) is 4.84 Å². The van der Waals surface area contributed by atoms with Gasteiger partial charge in [-0.1, -0.05) is 0 Å². The number of halogens is 2. The molecule has 0 aliphatic heterocycles. The van der Waals surface area contributed by atoms with Gasteiger partial charge < -0.3 is 4.84 Å². The highest BCUT2D eigenvalue weighted by Crippen LogP contribution is 2.62. The minimum atomic E-state index is -2.64. The van der Waals surface area contributed by atoms with Crippen molar-refractivity contribution >= 4 is 0 Å². The Morgan fingerprint density at radius 2 is 1.75 bits per heavy atom. The predicted molar refractivity (Wildman–Crippen MR) is 49.3 cm³/mol. The Balaban J connectivity index is 1.89. The average molecular weight is 233 g/mol. The van der Waals surface area contributed by atoms with E-state index < -0.39 is 28.4 Å². The van der Waals surface area contributed by atoms with Gasteiger partial charge in [0, 0.05) is 11.8 Å². The average Bonchev–Trinajstić information content (AvgIpc) is 2.11. The van der Waals surface area contributed by atoms with E-state index >= 15 is 0 Å². The van der Waals surface area contributed by atoms with Gasteiger partial charge in [0.05, 0.1) is 0 Å². The highest BCUT2D eigenvalue weighted by molar-refractivity contribution is 5.09. The first-order valence-electron chi connectivity index (χ1n) is 5.63. The highest BCUT2D eigenvalue weighted by Gasteiger charge is 2.65. The molecule has 0 radical (unpaired) electrons. The molecule has 0 aromatic heterocycles. The zero-order valence-electron chi connectivity index (χ0n) is 8.70. The summed E-state index contributed by atoms with van der Waals surface area (Å²) >= 11 is 0. The van der Waals surface area contributed by atoms with Crippen molar-refractivity contribution in [2.45, 2.75) is 43.6 Å². The zero-order chi connectivity index (χ0) is 11.6. The Hall–Kier alpha value is -0.940. The molecule has 4 fully saturated rings. The van der Waals surface area contributed by atoms with Gasteiger partial charge >= 0.3 is 0 Å². The van der Waals surface area contributed by atoms with Gasteiger partial charge in [-0.3, -0.25) is 0 Å². The first-order valence-corrected chi connectivity index (χ1v) is 5.63. The third-order valence-corrected chi connectivity index (χ3v) is 4.49. The van der Waals surface area contributed by atoms with E-state index in [0.717, 1.165) is 0 Å². The van der Waals surface area contributed by atoms with Gasteiger partial charge in [0.2, 0.25) is 0 Å². The summed E-state index contributed by atoms with van der Waals surface area (Å²) in [5.74, 6) is -3.87. The number of rotatable bonds is 2. The van der Waals surface area contributed by atoms with Crippen LogP contribution in [0.15, 0.2) is 0 Å². The SMILES string of the molecule is O=[N+]([O-])OC12CC3C[C@H](C1)C(F)(F)[C@@H](C3)C2. The van der Waals surface area contributed by atoms with Crippen molar-refractivity contribution in [1.82, 2.24) is 0 Å². The van der Waals surface area contributed by atoms with Gasteiger partial charge in [-0.2, -0.15) is 0 Å². The fourth-order valence-corrected chi connectivity index (χ4v) is 4.10. The molecule has 0 aromatic rings. The molecule has 0 saturated heterocycles. The smallest absolute Gasteiger partial charge is 0.295 e. The van der Waals surface area contributed by atoms with Crippen molar-refractivity contribution < 1.29 is 18.7 Å². The van der Waals surface area contributed by atoms with E-state index in [1.165, 1.54) is 0 Å². The lowest BCUT2D eigenvalue weighted by Crippen LogP contribution is -2.61. The Morgan fingerprint density at radius 3 is 2.25 bits per heavy atom. The van der Waals surface area contributed by atoms with Gasteiger partial charge in [0.15, 0.2) is 0 Å². The van der Waals surface area contributed by atoms with Crippen LogP contribution in [0.2, 0.25) is 0 Å². The molecule has 4 saturated carbocycles. The van der Waals surface area contributed by atoms with Crippen LogP contribution in [0.1, 0.15) is 32.1 Å². The Kier molecular flexibility index (Phi) is 1.82. The Morgan fingerprint density at radius 1 is 1.19 bits per heavy atom. The summed E-state index contributed by atoms with van der Waals surface area (Å²) < 4.78 is 27.6. The molecule has 0 N–H and O–H groups in total. The van der Waals surface area contributed by atoms with Crippen LogP contribution in [0, 0.1) is 27.9 Å². The summed E-state index contributed by atoms with van der Waals surface area (Å²) in [4.78, 5) is 15.2. The number of hydrogen-bond donors (Lipinski definition) is 0. The maximum Gasteiger partial charge on any atom is 0.295 e. The second kappa shape index (κ2) is 2.84. The van der Waals surface area contributed by atoms with E-state index in [-0.39, 0.29) is 18.8 Å². The number of hydrogen-bond acceptors (Lipinski definition) is 3. The topological polar surface area (TPSA) is 52.4 Å². The lowest BCUT2D eigenvalue weighted by Gasteiger charge is -2.58. The first-order chi connectivity index (χ1) is 7.41. The number of nitrogens with zero attached hydrogens (tertiary/aromatic N) is 1. The summed E-state index contributed by atoms with van der Waals surface area (Å²) in [5, 5.41) is 9.63. The van der Waals surface area contributed by atoms with Crippen molar-refractivity contribution in [3.05, 3.63) is 10.1 Å². The lowest BCUT2D eigenvalue weighted by atomic mass is 9.52. The van der Waals surface area contributed by atoms with Crippen molar-refractivity contribution in [3.63, 3.8) is 0 Å². The third-order valence-electron chi connectivity index (χ3n) is 4.49. The van der Waals surface area contributed by atoms with E-state index in [9.17, 15) is 18.9 Å². The molecule has 4 rings (SSSR count). The molecular weight excluding hydrogens is 220 g/mol. The Bertz CT molecular complexity index is 329. The maximum absolute atomic E-state index is 13.8. The summed E-state index contributed by atoms with van der Waals surface area (Å²) in [5.41, 5.74) is -0.901. The van der Waals surface area contributed by atoms with E-state index in [0.29, 0.717) is 19.3 Å². The first kappa shape index (κ1) is 10.2. The zero-order valence-corrected chi connectivity index (χ0v) is 8.70. The second-order valence-corrected chi connectivity index (χ2v) is 5.52. The van der Waals surface area contributed by atoms with E-state index in [1.54, 1.807) is 0 Å². The normalized spacial score (nSPS) is 48.0. The molecule has 0 heterocycles. The highest BCUT2D eigenvalue weighted by atomic mass is 19.3. The largest absolute Gasteiger partial charge is 0.307 e. The van der Waals surface area contributed by atoms with Crippen LogP contribution in [0.25, 0.3) is 0 Å². The number of alkyl halides is 2. The van der Waals surface area contributed by atoms with Crippen LogP contribution in [-0.2, 0) is 4.84 Å². The molecule has 0 spiro atoms. The van der Waals surface area contributed by atoms with Gasteiger partial charge in [0.25, 0.3) is 11.0 Å². The van der Waals surface area contributed by atoms with Crippen molar-refractivity contribution in [2.24, 2.45) is 17.8 Å². The van der Waals surface area contributed by atoms with Crippen molar-refractivity contribution in [1.29, 1.82) is 0 Å². The lowest BCUT2D eigenvalue weighted by molar-refractivity contribution is -0.785. The van der Waals surface area contributed by atoms with Crippen LogP contribution in [-0.4, -0.2) is 16.6 Å². The molecule has 2 unspecified atom stereocenters. The van der Waals surface area contributed by atoms with Crippen LogP contribution >= 0.6 is 0 Å². The van der Waals surface area contributed by atoms with Crippen LogP contribution in [0.4, 0.5) is 8.78 Å². The molecule has 90 valence electrons. The predicted octanol–water partition coefficient (Wildman–Crippen LogP) is 2.41. The fourth-order valence-electron chi connectivity index (χ4n) is 4.10. The third kappa shape index (κ3) is 1.25. The van der Waals surface area contributed by atoms with Gasteiger partial charge in [-0.15, -0.1) is 10.1 Å². The van der Waals surface area contributed by atoms with Crippen LogP contribution < -0.4 is 0 Å². The monoisotopic (exact) mass is 233 g/mol. The van der Waals surface area contributed by atoms with E-state index in [2.05, 4.69) is 0 Å². The summed E-state index contributed by atoms with van der Waals surface area (Å²) in [6.45, 7) is 0. The Labute approximate surface area is 91.1 Å². The molecular formula is C10H13F2NO3. The summed E-state index contributed by atoms with van der Waals surface area (Å²) in [7, 11) is 0.